The number of fused-ring (bicyclic) bond motifs is 2. The Morgan fingerprint density at radius 1 is 0.654 bits per heavy atom. The lowest BCUT2D eigenvalue weighted by Crippen LogP contribution is -2.37. The quantitative estimate of drug-likeness (QED) is 0.161. The molecule has 6 aromatic carbocycles. The smallest absolute Gasteiger partial charge is 0.149 e. The third-order valence-corrected chi connectivity index (χ3v) is 11.9. The highest BCUT2D eigenvalue weighted by Gasteiger charge is 2.23. The van der Waals surface area contributed by atoms with Crippen molar-refractivity contribution in [2.75, 3.05) is 0 Å². The second-order valence-corrected chi connectivity index (χ2v) is 20.3. The Kier molecular flexibility index (Phi) is 8.60. The molecule has 0 unspecified atom stereocenters. The van der Waals surface area contributed by atoms with Gasteiger partial charge in [0.05, 0.1) is 36.1 Å². The molecule has 52 heavy (non-hydrogen) atoms. The van der Waals surface area contributed by atoms with Crippen molar-refractivity contribution in [3.8, 4) is 56.3 Å². The summed E-state index contributed by atoms with van der Waals surface area (Å²) in [5.74, 6) is 1.36. The fraction of sp³-hybridized carbons (Fsp3) is 0.149. The lowest BCUT2D eigenvalue weighted by atomic mass is 9.95. The van der Waals surface area contributed by atoms with Gasteiger partial charge in [-0.15, -0.1) is 0 Å². The SMILES string of the molecule is CC(C)Cc1cc(-c2cccc(-c3ccc([Si](C)(C)C)cn3)c2)c2nc(-c3ccc(-c4ccccc4)cc3O)n(-c3cccc4ccccc34)c2c1. The van der Waals surface area contributed by atoms with Crippen LogP contribution in [-0.2, 0) is 6.42 Å². The summed E-state index contributed by atoms with van der Waals surface area (Å²) in [5.41, 5.74) is 11.0. The summed E-state index contributed by atoms with van der Waals surface area (Å²) in [5, 5.41) is 15.4. The molecular formula is C47H43N3OSi. The predicted molar refractivity (Wildman–Crippen MR) is 221 cm³/mol. The van der Waals surface area contributed by atoms with Gasteiger partial charge in [0.1, 0.15) is 11.6 Å². The van der Waals surface area contributed by atoms with Crippen molar-refractivity contribution in [1.82, 2.24) is 14.5 Å². The van der Waals surface area contributed by atoms with Gasteiger partial charge in [0.2, 0.25) is 0 Å². The van der Waals surface area contributed by atoms with Crippen molar-refractivity contribution in [3.05, 3.63) is 151 Å². The average Bonchev–Trinajstić information content (AvgIpc) is 3.53. The molecule has 0 atom stereocenters. The van der Waals surface area contributed by atoms with Gasteiger partial charge in [-0.05, 0) is 87.6 Å². The highest BCUT2D eigenvalue weighted by Crippen LogP contribution is 2.41. The van der Waals surface area contributed by atoms with E-state index in [0.717, 1.165) is 67.4 Å². The number of hydrogen-bond donors (Lipinski definition) is 1. The predicted octanol–water partition coefficient (Wildman–Crippen LogP) is 11.7. The number of phenolic OH excluding ortho intramolecular Hbond substituents is 1. The van der Waals surface area contributed by atoms with Gasteiger partial charge < -0.3 is 5.11 Å². The van der Waals surface area contributed by atoms with Crippen molar-refractivity contribution >= 4 is 35.1 Å². The number of hydrogen-bond acceptors (Lipinski definition) is 3. The first-order valence-electron chi connectivity index (χ1n) is 18.1. The van der Waals surface area contributed by atoms with Gasteiger partial charge in [0.25, 0.3) is 0 Å². The number of benzene rings is 6. The van der Waals surface area contributed by atoms with E-state index in [1.165, 1.54) is 10.8 Å². The van der Waals surface area contributed by atoms with E-state index in [4.69, 9.17) is 9.97 Å². The number of rotatable bonds is 8. The molecule has 2 heterocycles. The molecule has 4 nitrogen and oxygen atoms in total. The summed E-state index contributed by atoms with van der Waals surface area (Å²) in [6, 6.07) is 48.7. The average molecular weight is 694 g/mol. The zero-order valence-corrected chi connectivity index (χ0v) is 31.4. The number of aromatic hydroxyl groups is 1. The molecule has 256 valence electrons. The molecule has 0 bridgehead atoms. The Hall–Kier alpha value is -5.78. The van der Waals surface area contributed by atoms with Gasteiger partial charge in [-0.3, -0.25) is 9.55 Å². The van der Waals surface area contributed by atoms with Crippen LogP contribution in [0.15, 0.2) is 146 Å². The van der Waals surface area contributed by atoms with E-state index >= 15 is 0 Å². The second-order valence-electron chi connectivity index (χ2n) is 15.2. The van der Waals surface area contributed by atoms with E-state index in [2.05, 4.69) is 153 Å². The first-order valence-corrected chi connectivity index (χ1v) is 21.6. The van der Waals surface area contributed by atoms with Crippen LogP contribution in [0.1, 0.15) is 19.4 Å². The van der Waals surface area contributed by atoms with Crippen LogP contribution < -0.4 is 5.19 Å². The van der Waals surface area contributed by atoms with Crippen molar-refractivity contribution in [3.63, 3.8) is 0 Å². The maximum atomic E-state index is 11.8. The standard InChI is InChI=1S/C47H43N3OSi/c1-31(2)25-32-26-41(36-17-11-18-37(28-36)42-24-22-38(30-48-42)52(3,4)5)46-44(27-32)50(43-20-12-16-34-15-9-10-19-39(34)43)47(49-46)40-23-21-35(29-45(40)51)33-13-7-6-8-14-33/h6-24,26-31,51H,25H2,1-5H3. The number of pyridine rings is 1. The van der Waals surface area contributed by atoms with E-state index < -0.39 is 8.07 Å². The Balaban J connectivity index is 1.38. The van der Waals surface area contributed by atoms with Crippen molar-refractivity contribution in [2.45, 2.75) is 39.9 Å². The molecule has 0 aliphatic rings. The minimum Gasteiger partial charge on any atom is -0.507 e. The van der Waals surface area contributed by atoms with Crippen LogP contribution in [0.2, 0.25) is 19.6 Å². The third kappa shape index (κ3) is 6.33. The second kappa shape index (κ2) is 13.4. The first kappa shape index (κ1) is 33.4. The molecule has 0 saturated carbocycles. The van der Waals surface area contributed by atoms with Crippen molar-refractivity contribution in [2.24, 2.45) is 5.92 Å². The van der Waals surface area contributed by atoms with E-state index in [0.29, 0.717) is 17.3 Å². The van der Waals surface area contributed by atoms with Crippen LogP contribution in [0.3, 0.4) is 0 Å². The molecule has 2 aromatic heterocycles. The van der Waals surface area contributed by atoms with E-state index in [9.17, 15) is 5.11 Å². The fourth-order valence-electron chi connectivity index (χ4n) is 7.26. The number of phenols is 1. The van der Waals surface area contributed by atoms with Gasteiger partial charge in [0.15, 0.2) is 0 Å². The summed E-state index contributed by atoms with van der Waals surface area (Å²) in [6.45, 7) is 11.6. The molecule has 0 amide bonds. The van der Waals surface area contributed by atoms with Crippen LogP contribution in [0, 0.1) is 5.92 Å². The molecular weight excluding hydrogens is 651 g/mol. The van der Waals surface area contributed by atoms with Crippen LogP contribution >= 0.6 is 0 Å². The van der Waals surface area contributed by atoms with Crippen LogP contribution in [0.5, 0.6) is 5.75 Å². The molecule has 0 spiro atoms. The van der Waals surface area contributed by atoms with Crippen LogP contribution in [0.4, 0.5) is 0 Å². The summed E-state index contributed by atoms with van der Waals surface area (Å²) in [4.78, 5) is 10.4. The molecule has 8 rings (SSSR count). The highest BCUT2D eigenvalue weighted by molar-refractivity contribution is 6.88. The zero-order valence-electron chi connectivity index (χ0n) is 30.4. The van der Waals surface area contributed by atoms with Crippen LogP contribution in [-0.4, -0.2) is 27.7 Å². The molecule has 0 aliphatic carbocycles. The number of nitrogens with zero attached hydrogens (tertiary/aromatic N) is 3. The van der Waals surface area contributed by atoms with Gasteiger partial charge in [-0.25, -0.2) is 4.98 Å². The molecule has 0 radical (unpaired) electrons. The molecule has 1 N–H and O–H groups in total. The van der Waals surface area contributed by atoms with Gasteiger partial charge in [-0.2, -0.15) is 0 Å². The van der Waals surface area contributed by atoms with E-state index in [1.54, 1.807) is 0 Å². The monoisotopic (exact) mass is 693 g/mol. The van der Waals surface area contributed by atoms with E-state index in [-0.39, 0.29) is 5.75 Å². The summed E-state index contributed by atoms with van der Waals surface area (Å²) < 4.78 is 2.25. The Bertz CT molecular complexity index is 2560. The third-order valence-electron chi connectivity index (χ3n) is 9.92. The highest BCUT2D eigenvalue weighted by atomic mass is 28.3. The van der Waals surface area contributed by atoms with Crippen molar-refractivity contribution in [1.29, 1.82) is 0 Å². The fourth-order valence-corrected chi connectivity index (χ4v) is 8.29. The minimum atomic E-state index is -1.46. The molecule has 0 saturated heterocycles. The Morgan fingerprint density at radius 3 is 2.13 bits per heavy atom. The van der Waals surface area contributed by atoms with Crippen molar-refractivity contribution < 1.29 is 5.11 Å². The minimum absolute atomic E-state index is 0.192. The molecule has 8 aromatic rings. The first-order chi connectivity index (χ1) is 25.1. The molecule has 0 fully saturated rings. The topological polar surface area (TPSA) is 50.9 Å². The Morgan fingerprint density at radius 2 is 1.38 bits per heavy atom. The summed E-state index contributed by atoms with van der Waals surface area (Å²) >= 11 is 0. The number of aromatic nitrogens is 3. The number of imidazole rings is 1. The summed E-state index contributed by atoms with van der Waals surface area (Å²) in [7, 11) is -1.46. The van der Waals surface area contributed by atoms with Gasteiger partial charge >= 0.3 is 0 Å². The largest absolute Gasteiger partial charge is 0.507 e. The molecule has 0 aliphatic heterocycles. The maximum Gasteiger partial charge on any atom is 0.149 e. The van der Waals surface area contributed by atoms with Gasteiger partial charge in [-0.1, -0.05) is 131 Å². The lowest BCUT2D eigenvalue weighted by Gasteiger charge is -2.16. The van der Waals surface area contributed by atoms with Gasteiger partial charge in [0, 0.05) is 22.7 Å². The van der Waals surface area contributed by atoms with E-state index in [1.807, 2.05) is 30.3 Å². The Labute approximate surface area is 307 Å². The maximum absolute atomic E-state index is 11.8. The zero-order chi connectivity index (χ0) is 36.0. The molecule has 5 heteroatoms. The normalized spacial score (nSPS) is 11.9. The summed E-state index contributed by atoms with van der Waals surface area (Å²) in [6.07, 6.45) is 2.98. The lowest BCUT2D eigenvalue weighted by molar-refractivity contribution is 0.477. The van der Waals surface area contributed by atoms with Crippen LogP contribution in [0.25, 0.3) is 72.4 Å².